The lowest BCUT2D eigenvalue weighted by atomic mass is 9.86. The van der Waals surface area contributed by atoms with Crippen molar-refractivity contribution in [1.29, 1.82) is 0 Å². The van der Waals surface area contributed by atoms with Gasteiger partial charge in [0.2, 0.25) is 5.91 Å². The molecule has 1 amide bonds. The number of carbonyl (C=O) groups is 1. The van der Waals surface area contributed by atoms with Gasteiger partial charge < -0.3 is 10.2 Å². The Morgan fingerprint density at radius 2 is 2.06 bits per heavy atom. The second-order valence-corrected chi connectivity index (χ2v) is 4.92. The Morgan fingerprint density at radius 3 is 2.75 bits per heavy atom. The molecule has 3 rings (SSSR count). The summed E-state index contributed by atoms with van der Waals surface area (Å²) in [7, 11) is 0. The van der Waals surface area contributed by atoms with E-state index in [0.717, 1.165) is 31.7 Å². The van der Waals surface area contributed by atoms with Crippen LogP contribution >= 0.6 is 0 Å². The third kappa shape index (κ3) is 1.52. The molecule has 2 aliphatic rings. The summed E-state index contributed by atoms with van der Waals surface area (Å²) >= 11 is 0. The number of amides is 1. The van der Waals surface area contributed by atoms with E-state index in [1.807, 2.05) is 35.2 Å². The Bertz CT molecular complexity index is 396. The van der Waals surface area contributed by atoms with Crippen molar-refractivity contribution in [3.05, 3.63) is 30.3 Å². The minimum Gasteiger partial charge on any atom is -0.316 e. The summed E-state index contributed by atoms with van der Waals surface area (Å²) in [6, 6.07) is 9.98. The number of hydrogen-bond acceptors (Lipinski definition) is 2. The van der Waals surface area contributed by atoms with Crippen LogP contribution in [0, 0.1) is 5.41 Å². The van der Waals surface area contributed by atoms with Crippen LogP contribution in [0.4, 0.5) is 5.69 Å². The zero-order valence-corrected chi connectivity index (χ0v) is 9.28. The molecule has 0 aromatic heterocycles. The van der Waals surface area contributed by atoms with Crippen molar-refractivity contribution < 1.29 is 4.79 Å². The number of hydrogen-bond donors (Lipinski definition) is 1. The van der Waals surface area contributed by atoms with Gasteiger partial charge in [-0.1, -0.05) is 18.2 Å². The molecule has 1 aromatic carbocycles. The average Bonchev–Trinajstić information content (AvgIpc) is 2.88. The van der Waals surface area contributed by atoms with Crippen LogP contribution in [0.15, 0.2) is 30.3 Å². The van der Waals surface area contributed by atoms with Crippen molar-refractivity contribution in [2.75, 3.05) is 24.5 Å². The van der Waals surface area contributed by atoms with Gasteiger partial charge in [-0.05, 0) is 25.1 Å². The first-order valence-electron chi connectivity index (χ1n) is 5.85. The minimum atomic E-state index is 0.201. The van der Waals surface area contributed by atoms with Crippen LogP contribution < -0.4 is 10.2 Å². The lowest BCUT2D eigenvalue weighted by Crippen LogP contribution is -2.29. The van der Waals surface area contributed by atoms with Gasteiger partial charge in [-0.3, -0.25) is 4.79 Å². The molecule has 0 saturated carbocycles. The maximum absolute atomic E-state index is 12.0. The smallest absolute Gasteiger partial charge is 0.227 e. The highest BCUT2D eigenvalue weighted by molar-refractivity contribution is 5.96. The largest absolute Gasteiger partial charge is 0.316 e. The van der Waals surface area contributed by atoms with Crippen molar-refractivity contribution >= 4 is 11.6 Å². The van der Waals surface area contributed by atoms with Gasteiger partial charge in [-0.15, -0.1) is 0 Å². The first-order valence-corrected chi connectivity index (χ1v) is 5.85. The Morgan fingerprint density at radius 1 is 1.25 bits per heavy atom. The minimum absolute atomic E-state index is 0.201. The van der Waals surface area contributed by atoms with E-state index >= 15 is 0 Å². The fourth-order valence-electron chi connectivity index (χ4n) is 2.82. The molecule has 2 aliphatic heterocycles. The summed E-state index contributed by atoms with van der Waals surface area (Å²) in [6.45, 7) is 2.92. The molecule has 2 saturated heterocycles. The summed E-state index contributed by atoms with van der Waals surface area (Å²) in [6.07, 6.45) is 1.83. The zero-order valence-electron chi connectivity index (χ0n) is 9.28. The number of para-hydroxylation sites is 1. The molecule has 1 aromatic rings. The second kappa shape index (κ2) is 3.59. The molecule has 0 bridgehead atoms. The van der Waals surface area contributed by atoms with Crippen LogP contribution in [0.2, 0.25) is 0 Å². The first kappa shape index (κ1) is 9.85. The maximum Gasteiger partial charge on any atom is 0.227 e. The van der Waals surface area contributed by atoms with E-state index in [1.165, 1.54) is 0 Å². The van der Waals surface area contributed by atoms with Crippen LogP contribution in [-0.2, 0) is 4.79 Å². The van der Waals surface area contributed by atoms with E-state index < -0.39 is 0 Å². The van der Waals surface area contributed by atoms with Gasteiger partial charge in [-0.2, -0.15) is 0 Å². The van der Waals surface area contributed by atoms with Gasteiger partial charge in [0.05, 0.1) is 0 Å². The third-order valence-corrected chi connectivity index (χ3v) is 3.72. The molecule has 3 nitrogen and oxygen atoms in total. The van der Waals surface area contributed by atoms with Crippen molar-refractivity contribution in [3.63, 3.8) is 0 Å². The molecule has 2 heterocycles. The van der Waals surface area contributed by atoms with Gasteiger partial charge in [0.1, 0.15) is 0 Å². The molecule has 3 heteroatoms. The van der Waals surface area contributed by atoms with E-state index in [9.17, 15) is 4.79 Å². The van der Waals surface area contributed by atoms with E-state index in [4.69, 9.17) is 0 Å². The van der Waals surface area contributed by atoms with E-state index in [-0.39, 0.29) is 11.3 Å². The van der Waals surface area contributed by atoms with E-state index in [2.05, 4.69) is 5.32 Å². The highest BCUT2D eigenvalue weighted by atomic mass is 16.2. The Labute approximate surface area is 95.4 Å². The number of anilines is 1. The summed E-state index contributed by atoms with van der Waals surface area (Å²) in [5, 5.41) is 3.37. The standard InChI is InChI=1S/C13H16N2O/c16-12-8-13(6-7-14-9-13)10-15(12)11-4-2-1-3-5-11/h1-5,14H,6-10H2. The highest BCUT2D eigenvalue weighted by Crippen LogP contribution is 2.38. The molecule has 0 radical (unpaired) electrons. The van der Waals surface area contributed by atoms with Gasteiger partial charge >= 0.3 is 0 Å². The molecule has 2 fully saturated rings. The number of rotatable bonds is 1. The fraction of sp³-hybridized carbons (Fsp3) is 0.462. The van der Waals surface area contributed by atoms with Gasteiger partial charge in [0, 0.05) is 30.6 Å². The molecule has 84 valence electrons. The molecular weight excluding hydrogens is 200 g/mol. The zero-order chi connectivity index (χ0) is 11.0. The van der Waals surface area contributed by atoms with Crippen molar-refractivity contribution in [1.82, 2.24) is 5.32 Å². The SMILES string of the molecule is O=C1CC2(CCNC2)CN1c1ccccc1. The normalized spacial score (nSPS) is 29.2. The molecular formula is C13H16N2O. The van der Waals surface area contributed by atoms with Gasteiger partial charge in [0.15, 0.2) is 0 Å². The van der Waals surface area contributed by atoms with E-state index in [0.29, 0.717) is 6.42 Å². The Balaban J connectivity index is 1.86. The predicted octanol–water partition coefficient (Wildman–Crippen LogP) is 1.40. The van der Waals surface area contributed by atoms with Crippen LogP contribution in [0.5, 0.6) is 0 Å². The van der Waals surface area contributed by atoms with Crippen molar-refractivity contribution in [3.8, 4) is 0 Å². The molecule has 1 unspecified atom stereocenters. The van der Waals surface area contributed by atoms with Crippen LogP contribution in [0.1, 0.15) is 12.8 Å². The predicted molar refractivity (Wildman–Crippen MR) is 63.3 cm³/mol. The summed E-state index contributed by atoms with van der Waals surface area (Å²) in [5.41, 5.74) is 1.24. The molecule has 1 spiro atoms. The third-order valence-electron chi connectivity index (χ3n) is 3.72. The van der Waals surface area contributed by atoms with Gasteiger partial charge in [-0.25, -0.2) is 0 Å². The van der Waals surface area contributed by atoms with Gasteiger partial charge in [0.25, 0.3) is 0 Å². The average molecular weight is 216 g/mol. The fourth-order valence-corrected chi connectivity index (χ4v) is 2.82. The van der Waals surface area contributed by atoms with Crippen molar-refractivity contribution in [2.24, 2.45) is 5.41 Å². The summed E-state index contributed by atoms with van der Waals surface area (Å²) in [5.74, 6) is 0.273. The summed E-state index contributed by atoms with van der Waals surface area (Å²) < 4.78 is 0. The van der Waals surface area contributed by atoms with Crippen LogP contribution in [0.25, 0.3) is 0 Å². The number of nitrogens with one attached hydrogen (secondary N) is 1. The van der Waals surface area contributed by atoms with Crippen LogP contribution in [-0.4, -0.2) is 25.5 Å². The highest BCUT2D eigenvalue weighted by Gasteiger charge is 2.45. The number of benzene rings is 1. The lowest BCUT2D eigenvalue weighted by molar-refractivity contribution is -0.117. The first-order chi connectivity index (χ1) is 7.79. The lowest BCUT2D eigenvalue weighted by Gasteiger charge is -2.22. The summed E-state index contributed by atoms with van der Waals surface area (Å²) in [4.78, 5) is 14.0. The quantitative estimate of drug-likeness (QED) is 0.769. The second-order valence-electron chi connectivity index (χ2n) is 4.92. The Kier molecular flexibility index (Phi) is 2.21. The number of carbonyl (C=O) groups excluding carboxylic acids is 1. The van der Waals surface area contributed by atoms with Crippen LogP contribution in [0.3, 0.4) is 0 Å². The molecule has 16 heavy (non-hydrogen) atoms. The monoisotopic (exact) mass is 216 g/mol. The van der Waals surface area contributed by atoms with E-state index in [1.54, 1.807) is 0 Å². The molecule has 0 aliphatic carbocycles. The molecule has 1 N–H and O–H groups in total. The maximum atomic E-state index is 12.0. The van der Waals surface area contributed by atoms with Crippen molar-refractivity contribution in [2.45, 2.75) is 12.8 Å². The number of nitrogens with zero attached hydrogens (tertiary/aromatic N) is 1. The topological polar surface area (TPSA) is 32.3 Å². The molecule has 1 atom stereocenters. The Hall–Kier alpha value is -1.35.